The van der Waals surface area contributed by atoms with Crippen LogP contribution in [-0.4, -0.2) is 29.8 Å². The molecule has 2 aromatic carbocycles. The first-order valence-electron chi connectivity index (χ1n) is 12.9. The molecule has 1 fully saturated rings. The molecule has 4 rings (SSSR count). The third-order valence-electron chi connectivity index (χ3n) is 7.48. The summed E-state index contributed by atoms with van der Waals surface area (Å²) in [6, 6.07) is 9.62. The van der Waals surface area contributed by atoms with Crippen molar-refractivity contribution in [1.82, 2.24) is 10.2 Å². The molecule has 1 aliphatic carbocycles. The van der Waals surface area contributed by atoms with Gasteiger partial charge in [0.1, 0.15) is 5.41 Å². The zero-order chi connectivity index (χ0) is 29.1. The summed E-state index contributed by atoms with van der Waals surface area (Å²) in [5.41, 5.74) is -0.487. The van der Waals surface area contributed by atoms with Crippen LogP contribution in [0.15, 0.2) is 54.2 Å². The van der Waals surface area contributed by atoms with Crippen LogP contribution < -0.4 is 5.32 Å². The standard InChI is InChI=1S/C29H29Cl2F3N2O4/c1-40-27(39)28-11-4-2-3-8-24(28)36(17-19-9-10-22(30)14-23(19)31)26(38)20(15-28)13-25(37)35-16-18-6-5-7-21(12-18)29(32,33)34/h5-10,12,14,20H,2-4,11,13,15-17H2,1H3,(H,35,37)/t20-,28+/m1/s1. The molecule has 6 nitrogen and oxygen atoms in total. The predicted octanol–water partition coefficient (Wildman–Crippen LogP) is 6.68. The number of esters is 1. The lowest BCUT2D eigenvalue weighted by Crippen LogP contribution is -2.53. The molecule has 11 heteroatoms. The number of likely N-dealkylation sites (tertiary alicyclic amines) is 1. The summed E-state index contributed by atoms with van der Waals surface area (Å²) in [7, 11) is 1.30. The maximum absolute atomic E-state index is 13.9. The number of carbonyl (C=O) groups is 3. The van der Waals surface area contributed by atoms with Crippen molar-refractivity contribution in [3.63, 3.8) is 0 Å². The molecular formula is C29H29Cl2F3N2O4. The molecule has 1 N–H and O–H groups in total. The number of methoxy groups -OCH3 is 1. The van der Waals surface area contributed by atoms with Gasteiger partial charge in [-0.15, -0.1) is 0 Å². The molecule has 2 atom stereocenters. The number of benzene rings is 2. The van der Waals surface area contributed by atoms with Gasteiger partial charge in [0.2, 0.25) is 11.8 Å². The lowest BCUT2D eigenvalue weighted by atomic mass is 9.69. The van der Waals surface area contributed by atoms with Gasteiger partial charge >= 0.3 is 12.1 Å². The van der Waals surface area contributed by atoms with E-state index in [0.717, 1.165) is 25.0 Å². The van der Waals surface area contributed by atoms with Crippen molar-refractivity contribution < 1.29 is 32.3 Å². The Hall–Kier alpha value is -3.04. The van der Waals surface area contributed by atoms with E-state index in [1.165, 1.54) is 24.1 Å². The number of hydrogen-bond donors (Lipinski definition) is 1. The lowest BCUT2D eigenvalue weighted by Gasteiger charge is -2.46. The lowest BCUT2D eigenvalue weighted by molar-refractivity contribution is -0.160. The number of nitrogens with zero attached hydrogens (tertiary/aromatic N) is 1. The molecule has 0 saturated carbocycles. The van der Waals surface area contributed by atoms with E-state index >= 15 is 0 Å². The van der Waals surface area contributed by atoms with Gasteiger partial charge in [0.25, 0.3) is 0 Å². The van der Waals surface area contributed by atoms with E-state index in [0.29, 0.717) is 34.1 Å². The van der Waals surface area contributed by atoms with E-state index in [1.807, 2.05) is 6.08 Å². The average Bonchev–Trinajstić information content (AvgIpc) is 3.13. The number of halogens is 5. The fourth-order valence-corrected chi connectivity index (χ4v) is 6.01. The number of allylic oxidation sites excluding steroid dienone is 1. The molecule has 0 radical (unpaired) electrons. The fraction of sp³-hybridized carbons (Fsp3) is 0.414. The number of rotatable bonds is 7. The molecular weight excluding hydrogens is 568 g/mol. The van der Waals surface area contributed by atoms with E-state index < -0.39 is 34.9 Å². The summed E-state index contributed by atoms with van der Waals surface area (Å²) in [4.78, 5) is 41.7. The number of ether oxygens (including phenoxy) is 1. The highest BCUT2D eigenvalue weighted by Gasteiger charge is 2.53. The molecule has 2 aromatic rings. The Labute approximate surface area is 240 Å². The minimum Gasteiger partial charge on any atom is -0.468 e. The first kappa shape index (κ1) is 29.9. The Morgan fingerprint density at radius 2 is 1.93 bits per heavy atom. The first-order chi connectivity index (χ1) is 18.9. The zero-order valence-corrected chi connectivity index (χ0v) is 23.3. The van der Waals surface area contributed by atoms with Gasteiger partial charge in [0.05, 0.1) is 19.2 Å². The Balaban J connectivity index is 1.60. The van der Waals surface area contributed by atoms with E-state index in [9.17, 15) is 27.6 Å². The summed E-state index contributed by atoms with van der Waals surface area (Å²) in [5.74, 6) is -2.19. The van der Waals surface area contributed by atoms with Crippen LogP contribution >= 0.6 is 23.2 Å². The summed E-state index contributed by atoms with van der Waals surface area (Å²) in [6.07, 6.45) is -0.0741. The van der Waals surface area contributed by atoms with E-state index in [2.05, 4.69) is 5.32 Å². The third kappa shape index (κ3) is 6.47. The SMILES string of the molecule is COC(=O)[C@]12CCCCC=C1N(Cc1ccc(Cl)cc1Cl)C(=O)[C@H](CC(=O)NCc1cccc(C(F)(F)F)c1)C2. The van der Waals surface area contributed by atoms with Crippen LogP contribution in [0, 0.1) is 11.3 Å². The third-order valence-corrected chi connectivity index (χ3v) is 8.07. The first-order valence-corrected chi connectivity index (χ1v) is 13.7. The highest BCUT2D eigenvalue weighted by Crippen LogP contribution is 2.50. The van der Waals surface area contributed by atoms with Crippen LogP contribution in [0.1, 0.15) is 55.2 Å². The van der Waals surface area contributed by atoms with Gasteiger partial charge in [0.15, 0.2) is 0 Å². The molecule has 0 bridgehead atoms. The van der Waals surface area contributed by atoms with Gasteiger partial charge in [-0.05, 0) is 61.1 Å². The molecule has 1 heterocycles. The van der Waals surface area contributed by atoms with Crippen molar-refractivity contribution >= 4 is 41.0 Å². The average molecular weight is 597 g/mol. The summed E-state index contributed by atoms with van der Waals surface area (Å²) in [6.45, 7) is -0.0666. The van der Waals surface area contributed by atoms with Gasteiger partial charge in [-0.1, -0.05) is 53.9 Å². The predicted molar refractivity (Wildman–Crippen MR) is 144 cm³/mol. The van der Waals surface area contributed by atoms with Gasteiger partial charge in [-0.25, -0.2) is 0 Å². The van der Waals surface area contributed by atoms with Crippen molar-refractivity contribution in [3.05, 3.63) is 81.0 Å². The maximum Gasteiger partial charge on any atom is 0.416 e. The van der Waals surface area contributed by atoms with Gasteiger partial charge in [-0.2, -0.15) is 13.2 Å². The Morgan fingerprint density at radius 1 is 1.15 bits per heavy atom. The van der Waals surface area contributed by atoms with Gasteiger partial charge in [-0.3, -0.25) is 14.4 Å². The largest absolute Gasteiger partial charge is 0.468 e. The number of nitrogens with one attached hydrogen (secondary N) is 1. The molecule has 2 amide bonds. The molecule has 2 aliphatic rings. The molecule has 1 saturated heterocycles. The van der Waals surface area contributed by atoms with E-state index in [4.69, 9.17) is 27.9 Å². The van der Waals surface area contributed by atoms with Crippen molar-refractivity contribution in [3.8, 4) is 0 Å². The van der Waals surface area contributed by atoms with Crippen molar-refractivity contribution in [1.29, 1.82) is 0 Å². The summed E-state index contributed by atoms with van der Waals surface area (Å²) in [5, 5.41) is 3.42. The van der Waals surface area contributed by atoms with Crippen LogP contribution in [-0.2, 0) is 38.4 Å². The number of alkyl halides is 3. The van der Waals surface area contributed by atoms with Crippen molar-refractivity contribution in [2.75, 3.05) is 7.11 Å². The van der Waals surface area contributed by atoms with Crippen molar-refractivity contribution in [2.45, 2.75) is 57.8 Å². The van der Waals surface area contributed by atoms with Crippen molar-refractivity contribution in [2.24, 2.45) is 11.3 Å². The Kier molecular flexibility index (Phi) is 9.15. The number of hydrogen-bond acceptors (Lipinski definition) is 4. The Morgan fingerprint density at radius 3 is 2.62 bits per heavy atom. The number of carbonyl (C=O) groups excluding carboxylic acids is 3. The molecule has 0 aromatic heterocycles. The second kappa shape index (κ2) is 12.2. The monoisotopic (exact) mass is 596 g/mol. The fourth-order valence-electron chi connectivity index (χ4n) is 5.54. The van der Waals surface area contributed by atoms with E-state index in [1.54, 1.807) is 18.2 Å². The van der Waals surface area contributed by atoms with Gasteiger partial charge < -0.3 is 15.0 Å². The van der Waals surface area contributed by atoms with Crippen LogP contribution in [0.25, 0.3) is 0 Å². The number of amides is 2. The molecule has 214 valence electrons. The van der Waals surface area contributed by atoms with Crippen LogP contribution in [0.4, 0.5) is 13.2 Å². The highest BCUT2D eigenvalue weighted by molar-refractivity contribution is 6.35. The number of piperidine rings is 1. The Bertz CT molecular complexity index is 1330. The molecule has 0 spiro atoms. The molecule has 0 unspecified atom stereocenters. The molecule has 1 aliphatic heterocycles. The van der Waals surface area contributed by atoms with Crippen LogP contribution in [0.2, 0.25) is 10.0 Å². The van der Waals surface area contributed by atoms with E-state index in [-0.39, 0.29) is 37.4 Å². The normalized spacial score (nSPS) is 21.2. The summed E-state index contributed by atoms with van der Waals surface area (Å²) < 4.78 is 44.4. The minimum atomic E-state index is -4.50. The second-order valence-electron chi connectivity index (χ2n) is 10.1. The summed E-state index contributed by atoms with van der Waals surface area (Å²) >= 11 is 12.5. The van der Waals surface area contributed by atoms with Crippen LogP contribution in [0.5, 0.6) is 0 Å². The quantitative estimate of drug-likeness (QED) is 0.361. The van der Waals surface area contributed by atoms with Gasteiger partial charge in [0, 0.05) is 34.6 Å². The minimum absolute atomic E-state index is 0.0712. The zero-order valence-electron chi connectivity index (χ0n) is 21.8. The molecule has 40 heavy (non-hydrogen) atoms. The maximum atomic E-state index is 13.9. The smallest absolute Gasteiger partial charge is 0.416 e. The second-order valence-corrected chi connectivity index (χ2v) is 11.0. The topological polar surface area (TPSA) is 75.7 Å². The van der Waals surface area contributed by atoms with Crippen LogP contribution in [0.3, 0.4) is 0 Å². The highest BCUT2D eigenvalue weighted by atomic mass is 35.5. The number of fused-ring (bicyclic) bond motifs is 1.